The fourth-order valence-corrected chi connectivity index (χ4v) is 1.30. The van der Waals surface area contributed by atoms with Gasteiger partial charge in [-0.25, -0.2) is 5.84 Å². The SMILES string of the molecule is COc1cc([N+](=O)[O-])cc(C(=O)NN)c1OC. The minimum absolute atomic E-state index is 0.0685. The van der Waals surface area contributed by atoms with Crippen LogP contribution < -0.4 is 20.7 Å². The van der Waals surface area contributed by atoms with Gasteiger partial charge < -0.3 is 9.47 Å². The molecule has 1 amide bonds. The van der Waals surface area contributed by atoms with E-state index in [0.717, 1.165) is 12.1 Å². The lowest BCUT2D eigenvalue weighted by molar-refractivity contribution is -0.385. The van der Waals surface area contributed by atoms with Crippen LogP contribution in [-0.2, 0) is 0 Å². The van der Waals surface area contributed by atoms with Crippen LogP contribution in [0.1, 0.15) is 10.4 Å². The molecule has 1 aromatic carbocycles. The van der Waals surface area contributed by atoms with Crippen molar-refractivity contribution in [3.8, 4) is 11.5 Å². The molecule has 17 heavy (non-hydrogen) atoms. The monoisotopic (exact) mass is 241 g/mol. The summed E-state index contributed by atoms with van der Waals surface area (Å²) < 4.78 is 9.87. The molecule has 0 atom stereocenters. The maximum atomic E-state index is 11.4. The Hall–Kier alpha value is -2.35. The van der Waals surface area contributed by atoms with Crippen LogP contribution in [0.5, 0.6) is 11.5 Å². The van der Waals surface area contributed by atoms with Gasteiger partial charge in [0, 0.05) is 6.07 Å². The van der Waals surface area contributed by atoms with E-state index in [1.807, 2.05) is 5.43 Å². The van der Waals surface area contributed by atoms with Crippen molar-refractivity contribution in [1.29, 1.82) is 0 Å². The highest BCUT2D eigenvalue weighted by Crippen LogP contribution is 2.35. The number of nitrogens with two attached hydrogens (primary N) is 1. The number of nitro groups is 1. The third kappa shape index (κ3) is 2.42. The predicted molar refractivity (Wildman–Crippen MR) is 57.9 cm³/mol. The molecule has 0 unspecified atom stereocenters. The summed E-state index contributed by atoms with van der Waals surface area (Å²) in [4.78, 5) is 21.5. The lowest BCUT2D eigenvalue weighted by atomic mass is 10.1. The van der Waals surface area contributed by atoms with Crippen molar-refractivity contribution >= 4 is 11.6 Å². The number of nitrogen functional groups attached to an aromatic ring is 1. The number of non-ortho nitro benzene ring substituents is 1. The molecule has 0 fully saturated rings. The zero-order chi connectivity index (χ0) is 13.0. The Kier molecular flexibility index (Phi) is 3.83. The van der Waals surface area contributed by atoms with Crippen molar-refractivity contribution < 1.29 is 19.2 Å². The van der Waals surface area contributed by atoms with E-state index in [1.54, 1.807) is 0 Å². The van der Waals surface area contributed by atoms with Gasteiger partial charge in [-0.1, -0.05) is 0 Å². The first-order valence-corrected chi connectivity index (χ1v) is 4.46. The molecule has 1 aromatic rings. The number of rotatable bonds is 4. The molecular formula is C9H11N3O5. The molecule has 0 spiro atoms. The summed E-state index contributed by atoms with van der Waals surface area (Å²) in [5.41, 5.74) is 1.52. The summed E-state index contributed by atoms with van der Waals surface area (Å²) in [6.45, 7) is 0. The number of nitrogens with zero attached hydrogens (tertiary/aromatic N) is 1. The van der Waals surface area contributed by atoms with E-state index in [0.29, 0.717) is 0 Å². The number of amides is 1. The summed E-state index contributed by atoms with van der Waals surface area (Å²) in [6, 6.07) is 2.22. The smallest absolute Gasteiger partial charge is 0.274 e. The fraction of sp³-hybridized carbons (Fsp3) is 0.222. The van der Waals surface area contributed by atoms with Gasteiger partial charge in [0.15, 0.2) is 11.5 Å². The van der Waals surface area contributed by atoms with Crippen molar-refractivity contribution in [2.24, 2.45) is 5.84 Å². The van der Waals surface area contributed by atoms with Gasteiger partial charge in [0.25, 0.3) is 11.6 Å². The molecule has 0 radical (unpaired) electrons. The number of ether oxygens (including phenoxy) is 2. The van der Waals surface area contributed by atoms with Crippen molar-refractivity contribution in [2.75, 3.05) is 14.2 Å². The van der Waals surface area contributed by atoms with E-state index in [-0.39, 0.29) is 22.7 Å². The Morgan fingerprint density at radius 3 is 2.47 bits per heavy atom. The number of methoxy groups -OCH3 is 2. The summed E-state index contributed by atoms with van der Waals surface area (Å²) in [5.74, 6) is 4.44. The molecule has 3 N–H and O–H groups in total. The van der Waals surface area contributed by atoms with Gasteiger partial charge in [-0.2, -0.15) is 0 Å². The molecule has 0 bridgehead atoms. The van der Waals surface area contributed by atoms with Crippen molar-refractivity contribution in [1.82, 2.24) is 5.43 Å². The number of benzene rings is 1. The third-order valence-electron chi connectivity index (χ3n) is 2.05. The Balaban J connectivity index is 3.47. The summed E-state index contributed by atoms with van der Waals surface area (Å²) in [6.07, 6.45) is 0. The van der Waals surface area contributed by atoms with E-state index in [2.05, 4.69) is 0 Å². The molecule has 0 saturated heterocycles. The van der Waals surface area contributed by atoms with Crippen LogP contribution >= 0.6 is 0 Å². The molecule has 0 heterocycles. The number of hydrogen-bond donors (Lipinski definition) is 2. The van der Waals surface area contributed by atoms with Gasteiger partial charge in [0.2, 0.25) is 0 Å². The van der Waals surface area contributed by atoms with Crippen LogP contribution in [0.3, 0.4) is 0 Å². The normalized spacial score (nSPS) is 9.59. The minimum Gasteiger partial charge on any atom is -0.493 e. The largest absolute Gasteiger partial charge is 0.493 e. The standard InChI is InChI=1S/C9H11N3O5/c1-16-7-4-5(12(14)15)3-6(8(7)17-2)9(13)11-10/h3-4H,10H2,1-2H3,(H,11,13). The second kappa shape index (κ2) is 5.12. The highest BCUT2D eigenvalue weighted by atomic mass is 16.6. The van der Waals surface area contributed by atoms with E-state index < -0.39 is 10.8 Å². The number of nitrogens with one attached hydrogen (secondary N) is 1. The van der Waals surface area contributed by atoms with Crippen LogP contribution in [0, 0.1) is 10.1 Å². The topological polar surface area (TPSA) is 117 Å². The van der Waals surface area contributed by atoms with Crippen molar-refractivity contribution in [2.45, 2.75) is 0 Å². The molecule has 0 aromatic heterocycles. The van der Waals surface area contributed by atoms with Gasteiger partial charge in [-0.3, -0.25) is 20.3 Å². The van der Waals surface area contributed by atoms with Crippen molar-refractivity contribution in [3.05, 3.63) is 27.8 Å². The van der Waals surface area contributed by atoms with Crippen LogP contribution in [0.4, 0.5) is 5.69 Å². The first-order chi connectivity index (χ1) is 8.04. The first-order valence-electron chi connectivity index (χ1n) is 4.46. The molecule has 8 nitrogen and oxygen atoms in total. The Bertz CT molecular complexity index is 460. The lowest BCUT2D eigenvalue weighted by Crippen LogP contribution is -2.30. The van der Waals surface area contributed by atoms with E-state index in [1.165, 1.54) is 14.2 Å². The fourth-order valence-electron chi connectivity index (χ4n) is 1.30. The number of hydrazine groups is 1. The number of carbonyl (C=O) groups is 1. The quantitative estimate of drug-likeness (QED) is 0.337. The Morgan fingerprint density at radius 2 is 2.06 bits per heavy atom. The van der Waals surface area contributed by atoms with Crippen LogP contribution in [0.25, 0.3) is 0 Å². The zero-order valence-corrected chi connectivity index (χ0v) is 9.22. The van der Waals surface area contributed by atoms with Crippen LogP contribution in [0.2, 0.25) is 0 Å². The van der Waals surface area contributed by atoms with E-state index in [4.69, 9.17) is 15.3 Å². The zero-order valence-electron chi connectivity index (χ0n) is 9.22. The highest BCUT2D eigenvalue weighted by molar-refractivity contribution is 5.98. The van der Waals surface area contributed by atoms with Crippen LogP contribution in [0.15, 0.2) is 12.1 Å². The second-order valence-corrected chi connectivity index (χ2v) is 2.96. The molecule has 8 heteroatoms. The van der Waals surface area contributed by atoms with E-state index >= 15 is 0 Å². The van der Waals surface area contributed by atoms with Crippen LogP contribution in [-0.4, -0.2) is 25.1 Å². The minimum atomic E-state index is -0.705. The molecular weight excluding hydrogens is 230 g/mol. The summed E-state index contributed by atoms with van der Waals surface area (Å²) in [5, 5.41) is 10.7. The van der Waals surface area contributed by atoms with E-state index in [9.17, 15) is 14.9 Å². The first kappa shape index (κ1) is 12.7. The molecule has 92 valence electrons. The van der Waals surface area contributed by atoms with Crippen molar-refractivity contribution in [3.63, 3.8) is 0 Å². The Morgan fingerprint density at radius 1 is 1.41 bits per heavy atom. The molecule has 0 aliphatic heterocycles. The van der Waals surface area contributed by atoms with Gasteiger partial charge in [0.05, 0.1) is 30.8 Å². The third-order valence-corrected chi connectivity index (χ3v) is 2.05. The average molecular weight is 241 g/mol. The second-order valence-electron chi connectivity index (χ2n) is 2.96. The molecule has 1 rings (SSSR count). The predicted octanol–water partition coefficient (Wildman–Crippen LogP) is 0.216. The molecule has 0 saturated carbocycles. The molecule has 0 aliphatic carbocycles. The highest BCUT2D eigenvalue weighted by Gasteiger charge is 2.22. The number of hydrogen-bond acceptors (Lipinski definition) is 6. The maximum absolute atomic E-state index is 11.4. The lowest BCUT2D eigenvalue weighted by Gasteiger charge is -2.11. The van der Waals surface area contributed by atoms with Gasteiger partial charge >= 0.3 is 0 Å². The van der Waals surface area contributed by atoms with Gasteiger partial charge in [0.1, 0.15) is 0 Å². The number of nitro benzene ring substituents is 1. The average Bonchev–Trinajstić information content (AvgIpc) is 2.35. The summed E-state index contributed by atoms with van der Waals surface area (Å²) in [7, 11) is 2.63. The maximum Gasteiger partial charge on any atom is 0.274 e. The molecule has 0 aliphatic rings. The van der Waals surface area contributed by atoms with Gasteiger partial charge in [-0.15, -0.1) is 0 Å². The Labute approximate surface area is 96.4 Å². The summed E-state index contributed by atoms with van der Waals surface area (Å²) >= 11 is 0. The number of carbonyl (C=O) groups excluding carboxylic acids is 1. The van der Waals surface area contributed by atoms with Gasteiger partial charge in [-0.05, 0) is 0 Å².